The summed E-state index contributed by atoms with van der Waals surface area (Å²) in [5.41, 5.74) is 0.212. The lowest BCUT2D eigenvalue weighted by molar-refractivity contribution is -0.137. The molecule has 0 spiro atoms. The highest BCUT2D eigenvalue weighted by Crippen LogP contribution is 2.31. The van der Waals surface area contributed by atoms with Gasteiger partial charge >= 0.3 is 5.97 Å². The Morgan fingerprint density at radius 1 is 1.37 bits per heavy atom. The fourth-order valence-electron chi connectivity index (χ4n) is 1.72. The molecule has 5 heteroatoms. The normalized spacial score (nSPS) is 14.6. The molecule has 19 heavy (non-hydrogen) atoms. The Labute approximate surface area is 116 Å². The van der Waals surface area contributed by atoms with Gasteiger partial charge < -0.3 is 9.47 Å². The number of hydrogen-bond acceptors (Lipinski definition) is 4. The molecule has 0 unspecified atom stereocenters. The van der Waals surface area contributed by atoms with Gasteiger partial charge in [-0.25, -0.2) is 4.79 Å². The van der Waals surface area contributed by atoms with Gasteiger partial charge in [-0.05, 0) is 44.4 Å². The molecular weight excluding hydrogens is 268 g/mol. The second kappa shape index (κ2) is 6.06. The lowest BCUT2D eigenvalue weighted by Crippen LogP contribution is -2.24. The maximum Gasteiger partial charge on any atom is 0.379 e. The van der Waals surface area contributed by atoms with E-state index >= 15 is 0 Å². The van der Waals surface area contributed by atoms with Crippen molar-refractivity contribution in [2.24, 2.45) is 0 Å². The van der Waals surface area contributed by atoms with Crippen molar-refractivity contribution in [3.8, 4) is 5.75 Å². The number of halogens is 1. The van der Waals surface area contributed by atoms with Crippen molar-refractivity contribution < 1.29 is 19.1 Å². The Morgan fingerprint density at radius 2 is 2.11 bits per heavy atom. The molecule has 0 heterocycles. The molecule has 1 aromatic rings. The number of carbonyl (C=O) groups excluding carboxylic acids is 2. The molecule has 2 rings (SSSR count). The minimum atomic E-state index is -0.869. The van der Waals surface area contributed by atoms with Gasteiger partial charge in [-0.1, -0.05) is 11.6 Å². The summed E-state index contributed by atoms with van der Waals surface area (Å²) in [5.74, 6) is -1.02. The Morgan fingerprint density at radius 3 is 2.63 bits per heavy atom. The van der Waals surface area contributed by atoms with Crippen molar-refractivity contribution >= 4 is 23.4 Å². The zero-order valence-electron chi connectivity index (χ0n) is 10.6. The second-order valence-corrected chi connectivity index (χ2v) is 4.77. The predicted octanol–water partition coefficient (Wildman–Crippen LogP) is 3.02. The molecule has 0 saturated heterocycles. The van der Waals surface area contributed by atoms with Crippen LogP contribution in [0.1, 0.15) is 36.5 Å². The molecule has 4 nitrogen and oxygen atoms in total. The van der Waals surface area contributed by atoms with E-state index in [0.29, 0.717) is 10.8 Å². The summed E-state index contributed by atoms with van der Waals surface area (Å²) < 4.78 is 10.3. The highest BCUT2D eigenvalue weighted by molar-refractivity contribution is 6.41. The van der Waals surface area contributed by atoms with E-state index in [2.05, 4.69) is 4.74 Å². The van der Waals surface area contributed by atoms with Gasteiger partial charge in [0, 0.05) is 5.56 Å². The standard InChI is InChI=1S/C14H15ClO4/c1-2-18-14(17)13(16)9-6-7-12(11(15)8-9)19-10-4-3-5-10/h6-8,10H,2-5H2,1H3. The highest BCUT2D eigenvalue weighted by Gasteiger charge is 2.22. The summed E-state index contributed by atoms with van der Waals surface area (Å²) >= 11 is 6.05. The van der Waals surface area contributed by atoms with E-state index in [0.717, 1.165) is 12.8 Å². The molecule has 1 aromatic carbocycles. The number of ether oxygens (including phenoxy) is 2. The number of rotatable bonds is 5. The van der Waals surface area contributed by atoms with E-state index in [-0.39, 0.29) is 18.3 Å². The van der Waals surface area contributed by atoms with Gasteiger partial charge in [0.25, 0.3) is 5.78 Å². The summed E-state index contributed by atoms with van der Waals surface area (Å²) in [4.78, 5) is 23.0. The van der Waals surface area contributed by atoms with E-state index in [9.17, 15) is 9.59 Å². The van der Waals surface area contributed by atoms with Crippen molar-refractivity contribution in [1.82, 2.24) is 0 Å². The molecule has 0 atom stereocenters. The Kier molecular flexibility index (Phi) is 4.43. The van der Waals surface area contributed by atoms with Crippen LogP contribution in [0.2, 0.25) is 5.02 Å². The number of benzene rings is 1. The van der Waals surface area contributed by atoms with Crippen LogP contribution in [-0.2, 0) is 9.53 Å². The fraction of sp³-hybridized carbons (Fsp3) is 0.429. The quantitative estimate of drug-likeness (QED) is 0.473. The topological polar surface area (TPSA) is 52.6 Å². The maximum atomic E-state index is 11.7. The maximum absolute atomic E-state index is 11.7. The highest BCUT2D eigenvalue weighted by atomic mass is 35.5. The summed E-state index contributed by atoms with van der Waals surface area (Å²) in [6.45, 7) is 1.81. The van der Waals surface area contributed by atoms with Crippen LogP contribution in [0.25, 0.3) is 0 Å². The van der Waals surface area contributed by atoms with Gasteiger partial charge in [0.1, 0.15) is 5.75 Å². The monoisotopic (exact) mass is 282 g/mol. The van der Waals surface area contributed by atoms with Crippen molar-refractivity contribution in [3.63, 3.8) is 0 Å². The average Bonchev–Trinajstić information content (AvgIpc) is 2.34. The molecule has 0 bridgehead atoms. The van der Waals surface area contributed by atoms with Crippen molar-refractivity contribution in [2.45, 2.75) is 32.3 Å². The molecule has 0 amide bonds. The zero-order chi connectivity index (χ0) is 13.8. The summed E-state index contributed by atoms with van der Waals surface area (Å²) in [6.07, 6.45) is 3.44. The van der Waals surface area contributed by atoms with Crippen molar-refractivity contribution in [2.75, 3.05) is 6.61 Å². The number of hydrogen-bond donors (Lipinski definition) is 0. The third kappa shape index (κ3) is 3.26. The lowest BCUT2D eigenvalue weighted by Gasteiger charge is -2.26. The Bertz CT molecular complexity index is 494. The molecule has 0 aromatic heterocycles. The van der Waals surface area contributed by atoms with Crippen LogP contribution in [0, 0.1) is 0 Å². The third-order valence-corrected chi connectivity index (χ3v) is 3.30. The predicted molar refractivity (Wildman–Crippen MR) is 70.7 cm³/mol. The fourth-order valence-corrected chi connectivity index (χ4v) is 1.95. The van der Waals surface area contributed by atoms with E-state index < -0.39 is 11.8 Å². The molecule has 0 aliphatic heterocycles. The zero-order valence-corrected chi connectivity index (χ0v) is 11.4. The summed E-state index contributed by atoms with van der Waals surface area (Å²) in [5, 5.41) is 0.335. The van der Waals surface area contributed by atoms with Gasteiger partial charge in [0.15, 0.2) is 0 Å². The van der Waals surface area contributed by atoms with E-state index in [1.807, 2.05) is 0 Å². The first kappa shape index (κ1) is 13.9. The molecule has 1 fully saturated rings. The third-order valence-electron chi connectivity index (χ3n) is 3.00. The molecule has 102 valence electrons. The van der Waals surface area contributed by atoms with Crippen molar-refractivity contribution in [3.05, 3.63) is 28.8 Å². The average molecular weight is 283 g/mol. The van der Waals surface area contributed by atoms with E-state index in [1.165, 1.54) is 18.6 Å². The lowest BCUT2D eigenvalue weighted by atomic mass is 9.96. The molecule has 0 radical (unpaired) electrons. The van der Waals surface area contributed by atoms with Gasteiger partial charge in [-0.15, -0.1) is 0 Å². The minimum absolute atomic E-state index is 0.168. The summed E-state index contributed by atoms with van der Waals surface area (Å²) in [7, 11) is 0. The van der Waals surface area contributed by atoms with Gasteiger partial charge in [-0.3, -0.25) is 4.79 Å². The molecule has 1 aliphatic rings. The van der Waals surface area contributed by atoms with E-state index in [1.54, 1.807) is 13.0 Å². The van der Waals surface area contributed by atoms with Crippen LogP contribution in [0.4, 0.5) is 0 Å². The molecular formula is C14H15ClO4. The van der Waals surface area contributed by atoms with E-state index in [4.69, 9.17) is 16.3 Å². The number of ketones is 1. The number of esters is 1. The number of Topliss-reactive ketones (excluding diaryl/α,β-unsaturated/α-hetero) is 1. The summed E-state index contributed by atoms with van der Waals surface area (Å²) in [6, 6.07) is 4.58. The Balaban J connectivity index is 2.09. The largest absolute Gasteiger partial charge is 0.489 e. The van der Waals surface area contributed by atoms with Crippen LogP contribution in [-0.4, -0.2) is 24.5 Å². The van der Waals surface area contributed by atoms with Gasteiger partial charge in [0.05, 0.1) is 17.7 Å². The van der Waals surface area contributed by atoms with Crippen LogP contribution >= 0.6 is 11.6 Å². The molecule has 0 N–H and O–H groups in total. The van der Waals surface area contributed by atoms with Crippen LogP contribution in [0.15, 0.2) is 18.2 Å². The second-order valence-electron chi connectivity index (χ2n) is 4.37. The first-order valence-corrected chi connectivity index (χ1v) is 6.67. The van der Waals surface area contributed by atoms with Gasteiger partial charge in [0.2, 0.25) is 0 Å². The SMILES string of the molecule is CCOC(=O)C(=O)c1ccc(OC2CCC2)c(Cl)c1. The smallest absolute Gasteiger partial charge is 0.379 e. The first-order valence-electron chi connectivity index (χ1n) is 6.29. The Hall–Kier alpha value is -1.55. The first-order chi connectivity index (χ1) is 9.11. The minimum Gasteiger partial charge on any atom is -0.489 e. The number of carbonyl (C=O) groups is 2. The van der Waals surface area contributed by atoms with Crippen molar-refractivity contribution in [1.29, 1.82) is 0 Å². The molecule has 1 saturated carbocycles. The van der Waals surface area contributed by atoms with Crippen LogP contribution in [0.3, 0.4) is 0 Å². The van der Waals surface area contributed by atoms with Crippen LogP contribution < -0.4 is 4.74 Å². The molecule has 1 aliphatic carbocycles. The van der Waals surface area contributed by atoms with Crippen LogP contribution in [0.5, 0.6) is 5.75 Å². The van der Waals surface area contributed by atoms with Gasteiger partial charge in [-0.2, -0.15) is 0 Å².